The Morgan fingerprint density at radius 3 is 1.36 bits per heavy atom. The lowest BCUT2D eigenvalue weighted by Gasteiger charge is -2.37. The van der Waals surface area contributed by atoms with Gasteiger partial charge in [-0.2, -0.15) is 15.2 Å². The molecule has 4 aliphatic heterocycles. The average molecular weight is 1960 g/mol. The predicted octanol–water partition coefficient (Wildman–Crippen LogP) is 10.8. The zero-order valence-electron chi connectivity index (χ0n) is 76.8. The Hall–Kier alpha value is -13.8. The third-order valence-electron chi connectivity index (χ3n) is 21.1. The van der Waals surface area contributed by atoms with E-state index in [2.05, 4.69) is 95.9 Å². The van der Waals surface area contributed by atoms with Crippen LogP contribution in [0, 0.1) is 29.7 Å². The van der Waals surface area contributed by atoms with Gasteiger partial charge in [-0.1, -0.05) is 90.1 Å². The van der Waals surface area contributed by atoms with E-state index in [1.807, 2.05) is 107 Å². The number of aliphatic hydroxyl groups is 1. The lowest BCUT2D eigenvalue weighted by molar-refractivity contribution is -0.378. The number of anilines is 4. The summed E-state index contributed by atoms with van der Waals surface area (Å²) in [5.74, 6) is -2.16. The Bertz CT molecular complexity index is 6210. The van der Waals surface area contributed by atoms with E-state index < -0.39 is 144 Å². The molecule has 51 heteroatoms. The van der Waals surface area contributed by atoms with Gasteiger partial charge in [0.1, 0.15) is 31.5 Å². The fourth-order valence-electron chi connectivity index (χ4n) is 14.6. The molecule has 0 aliphatic carbocycles. The number of benzene rings is 2. The Labute approximate surface area is 794 Å². The van der Waals surface area contributed by atoms with Gasteiger partial charge in [-0.25, -0.2) is 79.5 Å². The van der Waals surface area contributed by atoms with Gasteiger partial charge in [0, 0.05) is 72.2 Å². The number of nitrogens with zero attached hydrogens (tertiary/aromatic N) is 17. The fourth-order valence-corrected chi connectivity index (χ4v) is 17.4. The molecular formula is C88H105F2N25O22P2+2. The Morgan fingerprint density at radius 2 is 0.971 bits per heavy atom. The minimum Gasteiger partial charge on any atom is -0.450 e. The number of nitrogens with one attached hydrogen (secondary N) is 8. The van der Waals surface area contributed by atoms with Crippen LogP contribution in [0.5, 0.6) is 0 Å². The number of amides is 4. The molecule has 0 spiro atoms. The van der Waals surface area contributed by atoms with E-state index in [0.717, 1.165) is 0 Å². The van der Waals surface area contributed by atoms with Crippen LogP contribution in [-0.4, -0.2) is 240 Å². The first-order chi connectivity index (χ1) is 67.0. The number of H-pyrrole nitrogens is 4. The van der Waals surface area contributed by atoms with Crippen molar-refractivity contribution >= 4 is 121 Å². The van der Waals surface area contributed by atoms with Crippen LogP contribution in [0.1, 0.15) is 147 Å². The SMILES string of the molecule is CC[C@H]1O[C@@H](n2cnc3c(=O)[nH]c(NC(=O)C(C)C)nc32)[C@H](OP(OCCC#N)OC[C@@H]2C[C@@H](OC(=O)O)[C@H](n3cnc4c(NC(=O)c5ccccc5)ncnc43)O2)[C@@H]1F.O=C(O)O[C@@H]1C[C@@H](CO)O[C@H]1n1cnc2c(NC(=O)c3ccccc3)ncnc21.[C-]#[N+]CCOP(O[C@@H]1[C@H](F)[C@@H](CC)O[C@H]1n1cnc2c(=O)[nH]c(NC(=O)C(C)C)nc21)N(C(C)C)C(C)C.c1cc[nH+]cc1.c1cc[nH+]cc1. The molecule has 4 fully saturated rings. The highest BCUT2D eigenvalue weighted by atomic mass is 31.2. The van der Waals surface area contributed by atoms with Crippen LogP contribution in [0.3, 0.4) is 0 Å². The maximum atomic E-state index is 16.2. The van der Waals surface area contributed by atoms with Crippen LogP contribution >= 0.6 is 17.1 Å². The molecule has 14 heterocycles. The summed E-state index contributed by atoms with van der Waals surface area (Å²) in [6, 6.07) is 30.8. The van der Waals surface area contributed by atoms with Gasteiger partial charge >= 0.3 is 20.9 Å². The van der Waals surface area contributed by atoms with E-state index in [1.54, 1.807) is 95.3 Å². The van der Waals surface area contributed by atoms with Crippen molar-refractivity contribution in [3.05, 3.63) is 203 Å². The van der Waals surface area contributed by atoms with Crippen molar-refractivity contribution < 1.29 is 114 Å². The number of hydrogen-bond acceptors (Lipinski definition) is 32. The average Bonchev–Trinajstić information content (AvgIpc) is 1.62. The second-order valence-corrected chi connectivity index (χ2v) is 34.8. The van der Waals surface area contributed by atoms with Gasteiger partial charge in [-0.15, -0.1) is 0 Å². The molecule has 16 atom stereocenters. The molecular weight excluding hydrogens is 1860 g/mol. The summed E-state index contributed by atoms with van der Waals surface area (Å²) in [4.78, 5) is 155. The van der Waals surface area contributed by atoms with Crippen LogP contribution in [-0.2, 0) is 60.6 Å². The molecule has 0 radical (unpaired) electrons. The second-order valence-electron chi connectivity index (χ2n) is 32.2. The van der Waals surface area contributed by atoms with Crippen molar-refractivity contribution in [2.24, 2.45) is 11.8 Å². The number of hydrogen-bond donors (Lipinski definition) is 9. The maximum absolute atomic E-state index is 16.2. The van der Waals surface area contributed by atoms with Crippen molar-refractivity contribution in [2.75, 3.05) is 54.2 Å². The fraction of sp³-hybridized carbons (Fsp3) is 0.432. The maximum Gasteiger partial charge on any atom is 0.506 e. The summed E-state index contributed by atoms with van der Waals surface area (Å²) < 4.78 is 104. The number of fused-ring (bicyclic) bond motifs is 4. The van der Waals surface area contributed by atoms with E-state index >= 15 is 8.78 Å². The predicted molar refractivity (Wildman–Crippen MR) is 492 cm³/mol. The third kappa shape index (κ3) is 26.8. The highest BCUT2D eigenvalue weighted by Gasteiger charge is 2.52. The standard InChI is InChI=1S/C36H39FN11O11P.C24H37FN7O5P.C18H17N5O6.2C5H5N/c1-4-21-23(37)26(34(57-21)48-17-42-25-29(48)44-35(46-32(25)51)45-30(49)18(2)3)59-60(54-12-8-11-38)55-14-20-13-22(58-36(52)53)33(56-20)47-16-41-24-27(39-15-40-28(24)47)43-31(50)19-9-6-5-7-10-19;1-9-16-17(25)19(37-38(35-11-10-26-8)32(14(4)5)15(6)7)23(36-16)31-12-27-18-20(31)28-24(30-22(18)34)29-21(33)13(2)3;24-7-11-6-12(29-18(26)27)17(28-11)23-9-21-13-14(19-8-20-15(13)23)22-16(25)10-4-2-1-3-5-10;2*1-2-4-6-5-3-1/h5-7,9-10,15-18,20-23,26,33-34H,4,8,12-14H2,1-3H3,(H,52,53)(H,39,40,43,50)(H2,44,45,46,49,51);12-17,19,23H,9-11H2,1-7H3,(H2,28,29,30,33,34);1-5,8-9,11-12,17,24H,6-7H2,(H,26,27)(H,19,20,22,25);2*1-5H/p+2/t20-,21+,22+,23+,26+,33+,34+,60?;16-,17-,19-,23-,38?;11-,12+,17+;;/m010../s1. The first kappa shape index (κ1) is 104. The number of aliphatic hydroxyl groups excluding tert-OH is 1. The van der Waals surface area contributed by atoms with Crippen LogP contribution in [0.25, 0.3) is 49.5 Å². The van der Waals surface area contributed by atoms with Crippen molar-refractivity contribution in [2.45, 2.75) is 200 Å². The number of halogens is 2. The highest BCUT2D eigenvalue weighted by Crippen LogP contribution is 2.53. The molecule has 0 bridgehead atoms. The number of aromatic nitrogens is 18. The monoisotopic (exact) mass is 1960 g/mol. The van der Waals surface area contributed by atoms with Crippen LogP contribution in [0.15, 0.2) is 169 Å². The summed E-state index contributed by atoms with van der Waals surface area (Å²) >= 11 is 0. The smallest absolute Gasteiger partial charge is 0.450 e. The number of carbonyl (C=O) groups excluding carboxylic acids is 4. The largest absolute Gasteiger partial charge is 0.506 e. The molecule has 736 valence electrons. The number of ether oxygens (including phenoxy) is 6. The zero-order valence-corrected chi connectivity index (χ0v) is 78.6. The molecule has 0 saturated carbocycles. The van der Waals surface area contributed by atoms with Crippen LogP contribution < -0.4 is 42.4 Å². The Morgan fingerprint density at radius 1 is 0.554 bits per heavy atom. The number of carboxylic acid groups (broad SMARTS) is 2. The molecule has 10 aromatic heterocycles. The van der Waals surface area contributed by atoms with Crippen molar-refractivity contribution in [1.29, 1.82) is 5.26 Å². The molecule has 2 unspecified atom stereocenters. The number of imidazole rings is 4. The number of aromatic amines is 4. The summed E-state index contributed by atoms with van der Waals surface area (Å²) in [5, 5.41) is 47.7. The molecule has 47 nitrogen and oxygen atoms in total. The van der Waals surface area contributed by atoms with E-state index in [-0.39, 0.29) is 145 Å². The number of rotatable bonds is 33. The molecule has 4 amide bonds. The number of carbonyl (C=O) groups is 6. The van der Waals surface area contributed by atoms with Gasteiger partial charge in [0.25, 0.3) is 31.5 Å². The van der Waals surface area contributed by atoms with Crippen LogP contribution in [0.4, 0.5) is 41.9 Å². The van der Waals surface area contributed by atoms with E-state index in [4.69, 9.17) is 62.7 Å². The number of nitriles is 1. The third-order valence-corrected chi connectivity index (χ3v) is 24.4. The molecule has 2 aromatic carbocycles. The second kappa shape index (κ2) is 50.0. The lowest BCUT2D eigenvalue weighted by atomic mass is 10.1. The first-order valence-corrected chi connectivity index (χ1v) is 46.3. The van der Waals surface area contributed by atoms with E-state index in [1.165, 1.54) is 56.2 Å². The van der Waals surface area contributed by atoms with E-state index in [9.17, 15) is 53.8 Å². The molecule has 4 aliphatic rings. The highest BCUT2D eigenvalue weighted by molar-refractivity contribution is 7.44. The molecule has 139 heavy (non-hydrogen) atoms. The van der Waals surface area contributed by atoms with Crippen LogP contribution in [0.2, 0.25) is 0 Å². The first-order valence-electron chi connectivity index (χ1n) is 44.1. The zero-order chi connectivity index (χ0) is 99.5. The normalized spacial score (nSPS) is 21.3. The molecule has 16 rings (SSSR count). The Balaban J connectivity index is 0.000000186. The summed E-state index contributed by atoms with van der Waals surface area (Å²) in [6.45, 7) is 24.9. The molecule has 12 aromatic rings. The summed E-state index contributed by atoms with van der Waals surface area (Å²) in [6.07, 6.45) is -2.04. The van der Waals surface area contributed by atoms with E-state index in [0.29, 0.717) is 28.7 Å². The number of pyridine rings is 2. The van der Waals surface area contributed by atoms with Gasteiger partial charge in [0.05, 0.1) is 82.0 Å². The lowest BCUT2D eigenvalue weighted by Crippen LogP contribution is -2.37. The van der Waals surface area contributed by atoms with Gasteiger partial charge in [-0.3, -0.25) is 67.6 Å². The molecule has 4 saturated heterocycles. The van der Waals surface area contributed by atoms with Gasteiger partial charge in [-0.05, 0) is 64.8 Å². The van der Waals surface area contributed by atoms with Crippen molar-refractivity contribution in [3.63, 3.8) is 0 Å². The number of alkyl halides is 2. The topological polar surface area (TPSA) is 587 Å². The van der Waals surface area contributed by atoms with Gasteiger partial charge in [0.15, 0.2) is 131 Å². The van der Waals surface area contributed by atoms with Gasteiger partial charge < -0.3 is 81.8 Å². The van der Waals surface area contributed by atoms with Crippen molar-refractivity contribution in [1.82, 2.24) is 82.7 Å². The quantitative estimate of drug-likeness (QED) is 0.00798. The Kier molecular flexibility index (Phi) is 37.5. The minimum atomic E-state index is -2.45. The minimum absolute atomic E-state index is 0.0174. The summed E-state index contributed by atoms with van der Waals surface area (Å²) in [7, 11) is -4.21. The molecule has 11 N–H and O–H groups in total. The van der Waals surface area contributed by atoms with Gasteiger partial charge in [0.2, 0.25) is 30.3 Å². The van der Waals surface area contributed by atoms with Crippen molar-refractivity contribution in [3.8, 4) is 6.07 Å². The summed E-state index contributed by atoms with van der Waals surface area (Å²) in [5.41, 5.74) is 0.685.